The molecule has 0 aliphatic carbocycles. The molecule has 0 amide bonds. The van der Waals surface area contributed by atoms with E-state index in [0.29, 0.717) is 24.3 Å². The van der Waals surface area contributed by atoms with Crippen LogP contribution in [-0.4, -0.2) is 47.4 Å². The van der Waals surface area contributed by atoms with Gasteiger partial charge in [0.25, 0.3) is 0 Å². The highest BCUT2D eigenvalue weighted by molar-refractivity contribution is 5.77. The smallest absolute Gasteiger partial charge is 0.480 e. The minimum absolute atomic E-state index is 0.0123. The molecule has 0 heterocycles. The van der Waals surface area contributed by atoms with Crippen LogP contribution in [0.25, 0.3) is 0 Å². The molecule has 1 aromatic rings. The summed E-state index contributed by atoms with van der Waals surface area (Å²) in [5, 5.41) is 9.75. The third-order valence-electron chi connectivity index (χ3n) is 6.24. The lowest BCUT2D eigenvalue weighted by molar-refractivity contribution is -0.140. The van der Waals surface area contributed by atoms with E-state index in [1.165, 1.54) is 12.1 Å². The van der Waals surface area contributed by atoms with E-state index in [4.69, 9.17) is 24.7 Å². The minimum Gasteiger partial charge on any atom is -0.480 e. The number of carboxylic acid groups (broad SMARTS) is 1. The number of ether oxygens (including phenoxy) is 4. The molecule has 1 rings (SSSR count). The third kappa shape index (κ3) is 12.1. The van der Waals surface area contributed by atoms with Gasteiger partial charge in [-0.3, -0.25) is 14.4 Å². The van der Waals surface area contributed by atoms with Gasteiger partial charge in [-0.25, -0.2) is 4.79 Å². The van der Waals surface area contributed by atoms with Crippen LogP contribution in [0.4, 0.5) is 4.79 Å². The predicted molar refractivity (Wildman–Crippen MR) is 146 cm³/mol. The van der Waals surface area contributed by atoms with E-state index in [2.05, 4.69) is 0 Å². The molecule has 0 saturated heterocycles. The molecule has 0 fully saturated rings. The molecule has 220 valence electrons. The first kappa shape index (κ1) is 33.9. The van der Waals surface area contributed by atoms with Gasteiger partial charge in [-0.1, -0.05) is 40.7 Å². The molecule has 4 atom stereocenters. The van der Waals surface area contributed by atoms with Gasteiger partial charge in [-0.05, 0) is 63.1 Å². The van der Waals surface area contributed by atoms with E-state index in [1.807, 2.05) is 27.7 Å². The van der Waals surface area contributed by atoms with Gasteiger partial charge in [0.2, 0.25) is 0 Å². The molecular weight excluding hydrogens is 506 g/mol. The zero-order valence-corrected chi connectivity index (χ0v) is 24.4. The van der Waals surface area contributed by atoms with Crippen molar-refractivity contribution in [3.63, 3.8) is 0 Å². The number of esters is 2. The fraction of sp³-hybridized carbons (Fsp3) is 0.655. The number of carboxylic acids is 1. The maximum absolute atomic E-state index is 12.6. The van der Waals surface area contributed by atoms with Crippen LogP contribution < -0.4 is 15.2 Å². The number of nitrogens with two attached hydrogens (primary N) is 1. The van der Waals surface area contributed by atoms with Crippen molar-refractivity contribution >= 4 is 24.1 Å². The summed E-state index contributed by atoms with van der Waals surface area (Å²) in [6.07, 6.45) is -0.462. The van der Waals surface area contributed by atoms with Crippen molar-refractivity contribution in [2.75, 3.05) is 0 Å². The van der Waals surface area contributed by atoms with Gasteiger partial charge in [0, 0.05) is 24.7 Å². The van der Waals surface area contributed by atoms with Gasteiger partial charge in [0.05, 0.1) is 6.10 Å². The van der Waals surface area contributed by atoms with Crippen molar-refractivity contribution in [1.82, 2.24) is 0 Å². The highest BCUT2D eigenvalue weighted by Gasteiger charge is 2.36. The molecule has 3 unspecified atom stereocenters. The highest BCUT2D eigenvalue weighted by atomic mass is 16.7. The van der Waals surface area contributed by atoms with Crippen LogP contribution in [0.15, 0.2) is 18.2 Å². The van der Waals surface area contributed by atoms with E-state index in [0.717, 1.165) is 0 Å². The molecule has 0 aromatic heterocycles. The molecule has 0 saturated carbocycles. The lowest BCUT2D eigenvalue weighted by atomic mass is 9.79. The second-order valence-electron chi connectivity index (χ2n) is 11.0. The summed E-state index contributed by atoms with van der Waals surface area (Å²) >= 11 is 0. The molecule has 10 nitrogen and oxygen atoms in total. The van der Waals surface area contributed by atoms with Crippen LogP contribution in [-0.2, 0) is 23.9 Å². The van der Waals surface area contributed by atoms with E-state index in [9.17, 15) is 24.3 Å². The Labute approximate surface area is 231 Å². The standard InChI is InChI=1S/C29H45NO9/c1-16(2)9-13-24(31)38-22-12-11-21(15-23(22)39-25(32)14-10-17(3)4)26(27(30)28(33)34)19(7)20(8)37-29(35)36-18(5)6/h11-12,15-20,26-27H,9-10,13-14,30H2,1-8H3,(H,33,34)/t19?,20?,26?,27-/m0/s1. The van der Waals surface area contributed by atoms with Crippen molar-refractivity contribution in [2.24, 2.45) is 23.5 Å². The Hall–Kier alpha value is -3.14. The molecule has 3 N–H and O–H groups in total. The first-order chi connectivity index (χ1) is 18.1. The van der Waals surface area contributed by atoms with Crippen LogP contribution in [0.2, 0.25) is 0 Å². The summed E-state index contributed by atoms with van der Waals surface area (Å²) in [4.78, 5) is 49.0. The summed E-state index contributed by atoms with van der Waals surface area (Å²) in [6, 6.07) is 3.11. The number of rotatable bonds is 15. The van der Waals surface area contributed by atoms with Crippen molar-refractivity contribution in [3.05, 3.63) is 23.8 Å². The topological polar surface area (TPSA) is 151 Å². The predicted octanol–water partition coefficient (Wildman–Crippen LogP) is 5.45. The van der Waals surface area contributed by atoms with E-state index >= 15 is 0 Å². The van der Waals surface area contributed by atoms with Gasteiger partial charge in [-0.2, -0.15) is 0 Å². The number of carbonyl (C=O) groups is 4. The largest absolute Gasteiger partial charge is 0.508 e. The van der Waals surface area contributed by atoms with Crippen LogP contribution >= 0.6 is 0 Å². The van der Waals surface area contributed by atoms with E-state index < -0.39 is 48.0 Å². The maximum atomic E-state index is 12.6. The zero-order chi connectivity index (χ0) is 29.9. The second-order valence-corrected chi connectivity index (χ2v) is 11.0. The molecule has 10 heteroatoms. The van der Waals surface area contributed by atoms with Gasteiger partial charge >= 0.3 is 24.1 Å². The number of aliphatic carboxylic acids is 1. The number of benzene rings is 1. The molecule has 0 aliphatic heterocycles. The molecule has 0 radical (unpaired) electrons. The van der Waals surface area contributed by atoms with Gasteiger partial charge in [0.1, 0.15) is 12.1 Å². The molecule has 1 aromatic carbocycles. The fourth-order valence-electron chi connectivity index (χ4n) is 3.82. The quantitative estimate of drug-likeness (QED) is 0.212. The van der Waals surface area contributed by atoms with Crippen molar-refractivity contribution in [1.29, 1.82) is 0 Å². The Morgan fingerprint density at radius 2 is 1.31 bits per heavy atom. The maximum Gasteiger partial charge on any atom is 0.508 e. The molecular formula is C29H45NO9. The summed E-state index contributed by atoms with van der Waals surface area (Å²) in [5.74, 6) is -3.08. The zero-order valence-electron chi connectivity index (χ0n) is 24.4. The van der Waals surface area contributed by atoms with Crippen LogP contribution in [0.5, 0.6) is 11.5 Å². The highest BCUT2D eigenvalue weighted by Crippen LogP contribution is 2.37. The monoisotopic (exact) mass is 551 g/mol. The second kappa shape index (κ2) is 16.1. The number of carbonyl (C=O) groups excluding carboxylic acids is 3. The molecule has 0 spiro atoms. The normalized spacial score (nSPS) is 14.5. The average molecular weight is 552 g/mol. The van der Waals surface area contributed by atoms with Crippen LogP contribution in [0.1, 0.15) is 92.6 Å². The van der Waals surface area contributed by atoms with Gasteiger partial charge < -0.3 is 29.8 Å². The third-order valence-corrected chi connectivity index (χ3v) is 6.24. The summed E-state index contributed by atoms with van der Waals surface area (Å²) in [7, 11) is 0. The average Bonchev–Trinajstić information content (AvgIpc) is 2.82. The van der Waals surface area contributed by atoms with E-state index in [-0.39, 0.29) is 36.4 Å². The van der Waals surface area contributed by atoms with Crippen molar-refractivity contribution < 1.29 is 43.2 Å². The Bertz CT molecular complexity index is 974. The van der Waals surface area contributed by atoms with Crippen LogP contribution in [0.3, 0.4) is 0 Å². The summed E-state index contributed by atoms with van der Waals surface area (Å²) in [5.41, 5.74) is 6.51. The Balaban J connectivity index is 3.40. The lowest BCUT2D eigenvalue weighted by Gasteiger charge is -2.31. The van der Waals surface area contributed by atoms with Crippen molar-refractivity contribution in [3.8, 4) is 11.5 Å². The van der Waals surface area contributed by atoms with Crippen molar-refractivity contribution in [2.45, 2.75) is 105 Å². The summed E-state index contributed by atoms with van der Waals surface area (Å²) in [6.45, 7) is 14.6. The SMILES string of the molecule is CC(C)CCC(=O)Oc1ccc(C(C(C)C(C)OC(=O)OC(C)C)[C@H](N)C(=O)O)cc1OC(=O)CCC(C)C. The first-order valence-corrected chi connectivity index (χ1v) is 13.5. The fourth-order valence-corrected chi connectivity index (χ4v) is 3.82. The Kier molecular flexibility index (Phi) is 14.0. The van der Waals surface area contributed by atoms with Gasteiger partial charge in [0.15, 0.2) is 11.5 Å². The summed E-state index contributed by atoms with van der Waals surface area (Å²) < 4.78 is 21.5. The minimum atomic E-state index is -1.38. The van der Waals surface area contributed by atoms with E-state index in [1.54, 1.807) is 33.8 Å². The lowest BCUT2D eigenvalue weighted by Crippen LogP contribution is -2.42. The molecule has 39 heavy (non-hydrogen) atoms. The molecule has 0 bridgehead atoms. The van der Waals surface area contributed by atoms with Crippen LogP contribution in [0, 0.1) is 17.8 Å². The first-order valence-electron chi connectivity index (χ1n) is 13.5. The molecule has 0 aliphatic rings. The number of hydrogen-bond acceptors (Lipinski definition) is 9. The van der Waals surface area contributed by atoms with Gasteiger partial charge in [-0.15, -0.1) is 0 Å². The Morgan fingerprint density at radius 3 is 1.77 bits per heavy atom. The Morgan fingerprint density at radius 1 is 0.795 bits per heavy atom. The number of hydrogen-bond donors (Lipinski definition) is 2.